The van der Waals surface area contributed by atoms with Crippen molar-refractivity contribution in [2.45, 2.75) is 19.4 Å². The van der Waals surface area contributed by atoms with Crippen LogP contribution in [0.4, 0.5) is 0 Å². The number of piperidine rings is 1. The molecule has 0 bridgehead atoms. The lowest BCUT2D eigenvalue weighted by atomic mass is 9.98. The van der Waals surface area contributed by atoms with Gasteiger partial charge in [-0.3, -0.25) is 9.59 Å². The van der Waals surface area contributed by atoms with E-state index in [4.69, 9.17) is 11.6 Å². The second kappa shape index (κ2) is 5.71. The summed E-state index contributed by atoms with van der Waals surface area (Å²) in [6, 6.07) is 3.76. The molecule has 6 heteroatoms. The number of hydrogen-bond acceptors (Lipinski definition) is 3. The minimum Gasteiger partial charge on any atom is -0.355 e. The fourth-order valence-electron chi connectivity index (χ4n) is 2.00. The van der Waals surface area contributed by atoms with Gasteiger partial charge in [0.15, 0.2) is 0 Å². The van der Waals surface area contributed by atoms with Crippen LogP contribution < -0.4 is 5.32 Å². The first-order valence-electron chi connectivity index (χ1n) is 5.82. The number of carbonyl (C=O) groups is 2. The van der Waals surface area contributed by atoms with E-state index in [1.165, 1.54) is 11.3 Å². The molecule has 0 aliphatic carbocycles. The molecule has 2 rings (SSSR count). The summed E-state index contributed by atoms with van der Waals surface area (Å²) in [5, 5.41) is 2.73. The van der Waals surface area contributed by atoms with Gasteiger partial charge in [-0.2, -0.15) is 0 Å². The summed E-state index contributed by atoms with van der Waals surface area (Å²) in [6.45, 7) is 1.02. The van der Waals surface area contributed by atoms with Crippen molar-refractivity contribution in [3.05, 3.63) is 21.3 Å². The first-order valence-corrected chi connectivity index (χ1v) is 7.01. The number of rotatable bonds is 3. The third kappa shape index (κ3) is 3.23. The van der Waals surface area contributed by atoms with Gasteiger partial charge in [0.2, 0.25) is 11.8 Å². The summed E-state index contributed by atoms with van der Waals surface area (Å²) in [6.07, 6.45) is 1.08. The number of nitrogens with zero attached hydrogens (tertiary/aromatic N) is 1. The highest BCUT2D eigenvalue weighted by Gasteiger charge is 2.26. The molecule has 0 saturated carbocycles. The van der Waals surface area contributed by atoms with Gasteiger partial charge in [0.05, 0.1) is 16.8 Å². The molecule has 1 N–H and O–H groups in total. The van der Waals surface area contributed by atoms with E-state index in [9.17, 15) is 9.59 Å². The van der Waals surface area contributed by atoms with Gasteiger partial charge in [0, 0.05) is 24.9 Å². The smallest absolute Gasteiger partial charge is 0.227 e. The molecule has 1 fully saturated rings. The SMILES string of the molecule is CN(Cc1ccc(Cl)s1)C(=O)[C@H]1CCC(=O)NC1. The molecule has 0 unspecified atom stereocenters. The third-order valence-corrected chi connectivity index (χ3v) is 4.23. The maximum atomic E-state index is 12.2. The molecule has 0 aromatic carbocycles. The molecule has 1 aromatic heterocycles. The van der Waals surface area contributed by atoms with Gasteiger partial charge >= 0.3 is 0 Å². The van der Waals surface area contributed by atoms with Gasteiger partial charge in [0.25, 0.3) is 0 Å². The Kier molecular flexibility index (Phi) is 4.24. The Labute approximate surface area is 115 Å². The predicted octanol–water partition coefficient (Wildman–Crippen LogP) is 1.89. The van der Waals surface area contributed by atoms with Crippen LogP contribution >= 0.6 is 22.9 Å². The second-order valence-corrected chi connectivity index (χ2v) is 6.24. The van der Waals surface area contributed by atoms with Crippen LogP contribution in [0, 0.1) is 5.92 Å². The van der Waals surface area contributed by atoms with E-state index >= 15 is 0 Å². The van der Waals surface area contributed by atoms with Crippen molar-refractivity contribution in [2.75, 3.05) is 13.6 Å². The fourth-order valence-corrected chi connectivity index (χ4v) is 3.14. The van der Waals surface area contributed by atoms with Gasteiger partial charge < -0.3 is 10.2 Å². The van der Waals surface area contributed by atoms with Crippen molar-refractivity contribution in [1.82, 2.24) is 10.2 Å². The number of thiophene rings is 1. The van der Waals surface area contributed by atoms with Crippen molar-refractivity contribution >= 4 is 34.8 Å². The van der Waals surface area contributed by atoms with Crippen LogP contribution in [0.5, 0.6) is 0 Å². The molecule has 0 spiro atoms. The van der Waals surface area contributed by atoms with Crippen LogP contribution in [0.15, 0.2) is 12.1 Å². The second-order valence-electron chi connectivity index (χ2n) is 4.44. The molecule has 1 aliphatic heterocycles. The van der Waals surface area contributed by atoms with Gasteiger partial charge in [0.1, 0.15) is 0 Å². The van der Waals surface area contributed by atoms with Crippen LogP contribution in [-0.4, -0.2) is 30.3 Å². The molecule has 2 heterocycles. The van der Waals surface area contributed by atoms with Crippen molar-refractivity contribution in [1.29, 1.82) is 0 Å². The Morgan fingerprint density at radius 2 is 2.39 bits per heavy atom. The Morgan fingerprint density at radius 3 is 2.94 bits per heavy atom. The Hall–Kier alpha value is -1.07. The minimum atomic E-state index is -0.0943. The molecule has 4 nitrogen and oxygen atoms in total. The first kappa shape index (κ1) is 13.4. The van der Waals surface area contributed by atoms with Gasteiger partial charge in [-0.15, -0.1) is 11.3 Å². The van der Waals surface area contributed by atoms with Crippen molar-refractivity contribution in [2.24, 2.45) is 5.92 Å². The van der Waals surface area contributed by atoms with Crippen molar-refractivity contribution in [3.8, 4) is 0 Å². The Balaban J connectivity index is 1.90. The average Bonchev–Trinajstić information content (AvgIpc) is 2.75. The first-order chi connectivity index (χ1) is 8.56. The van der Waals surface area contributed by atoms with E-state index in [0.29, 0.717) is 25.9 Å². The average molecular weight is 287 g/mol. The summed E-state index contributed by atoms with van der Waals surface area (Å²) >= 11 is 7.34. The van der Waals surface area contributed by atoms with Crippen molar-refractivity contribution in [3.63, 3.8) is 0 Å². The quantitative estimate of drug-likeness (QED) is 0.922. The zero-order valence-corrected chi connectivity index (χ0v) is 11.7. The van der Waals surface area contributed by atoms with Gasteiger partial charge in [-0.1, -0.05) is 11.6 Å². The maximum Gasteiger partial charge on any atom is 0.227 e. The molecule has 1 aliphatic rings. The van der Waals surface area contributed by atoms with Crippen LogP contribution in [-0.2, 0) is 16.1 Å². The molecule has 1 atom stereocenters. The van der Waals surface area contributed by atoms with Crippen LogP contribution in [0.3, 0.4) is 0 Å². The number of carbonyl (C=O) groups excluding carboxylic acids is 2. The van der Waals surface area contributed by atoms with E-state index < -0.39 is 0 Å². The number of amides is 2. The number of nitrogens with one attached hydrogen (secondary N) is 1. The lowest BCUT2D eigenvalue weighted by Gasteiger charge is -2.26. The lowest BCUT2D eigenvalue weighted by molar-refractivity contribution is -0.136. The van der Waals surface area contributed by atoms with Crippen molar-refractivity contribution < 1.29 is 9.59 Å². The zero-order valence-electron chi connectivity index (χ0n) is 10.1. The van der Waals surface area contributed by atoms with E-state index in [0.717, 1.165) is 9.21 Å². The third-order valence-electron chi connectivity index (χ3n) is 3.01. The summed E-state index contributed by atoms with van der Waals surface area (Å²) in [4.78, 5) is 26.0. The number of halogens is 1. The summed E-state index contributed by atoms with van der Waals surface area (Å²) in [7, 11) is 1.78. The Bertz CT molecular complexity index is 451. The molecule has 0 radical (unpaired) electrons. The monoisotopic (exact) mass is 286 g/mol. The predicted molar refractivity (Wildman–Crippen MR) is 71.5 cm³/mol. The Morgan fingerprint density at radius 1 is 1.61 bits per heavy atom. The van der Waals surface area contributed by atoms with E-state index in [1.807, 2.05) is 12.1 Å². The molecular weight excluding hydrogens is 272 g/mol. The van der Waals surface area contributed by atoms with Gasteiger partial charge in [-0.25, -0.2) is 0 Å². The summed E-state index contributed by atoms with van der Waals surface area (Å²) < 4.78 is 0.732. The van der Waals surface area contributed by atoms with E-state index in [1.54, 1.807) is 11.9 Å². The normalized spacial score (nSPS) is 19.4. The highest BCUT2D eigenvalue weighted by molar-refractivity contribution is 7.16. The molecule has 2 amide bonds. The van der Waals surface area contributed by atoms with E-state index in [2.05, 4.69) is 5.32 Å². The number of hydrogen-bond donors (Lipinski definition) is 1. The minimum absolute atomic E-state index is 0.0340. The topological polar surface area (TPSA) is 49.4 Å². The van der Waals surface area contributed by atoms with Crippen LogP contribution in [0.1, 0.15) is 17.7 Å². The molecular formula is C12H15ClN2O2S. The standard InChI is InChI=1S/C12H15ClN2O2S/c1-15(7-9-3-4-10(13)18-9)12(17)8-2-5-11(16)14-6-8/h3-4,8H,2,5-7H2,1H3,(H,14,16)/t8-/m0/s1. The maximum absolute atomic E-state index is 12.2. The summed E-state index contributed by atoms with van der Waals surface area (Å²) in [5.41, 5.74) is 0. The highest BCUT2D eigenvalue weighted by atomic mass is 35.5. The van der Waals surface area contributed by atoms with Gasteiger partial charge in [-0.05, 0) is 18.6 Å². The molecule has 1 saturated heterocycles. The van der Waals surface area contributed by atoms with E-state index in [-0.39, 0.29) is 17.7 Å². The molecule has 18 heavy (non-hydrogen) atoms. The van der Waals surface area contributed by atoms with Crippen LogP contribution in [0.2, 0.25) is 4.34 Å². The van der Waals surface area contributed by atoms with Crippen LogP contribution in [0.25, 0.3) is 0 Å². The molecule has 98 valence electrons. The molecule has 1 aromatic rings. The highest BCUT2D eigenvalue weighted by Crippen LogP contribution is 2.23. The fraction of sp³-hybridized carbons (Fsp3) is 0.500. The summed E-state index contributed by atoms with van der Waals surface area (Å²) in [5.74, 6) is 0.0226. The lowest BCUT2D eigenvalue weighted by Crippen LogP contribution is -2.43. The zero-order chi connectivity index (χ0) is 13.1. The largest absolute Gasteiger partial charge is 0.355 e.